The van der Waals surface area contributed by atoms with E-state index in [-0.39, 0.29) is 12.2 Å². The zero-order valence-corrected chi connectivity index (χ0v) is 12.4. The van der Waals surface area contributed by atoms with Crippen molar-refractivity contribution >= 4 is 22.9 Å². The SMILES string of the molecule is COC(=O)Cc1nn(-c2cccc(F)c2)c2c1nnc1ncnn12. The number of carbonyl (C=O) groups is 1. The number of aromatic nitrogens is 7. The number of methoxy groups -OCH3 is 1. The van der Waals surface area contributed by atoms with E-state index in [1.165, 1.54) is 34.8 Å². The number of ether oxygens (including phenoxy) is 1. The second-order valence-corrected chi connectivity index (χ2v) is 4.94. The lowest BCUT2D eigenvalue weighted by Crippen LogP contribution is -2.06. The summed E-state index contributed by atoms with van der Waals surface area (Å²) in [5.74, 6) is -0.617. The molecule has 0 aliphatic heterocycles. The van der Waals surface area contributed by atoms with Crippen molar-refractivity contribution in [2.24, 2.45) is 0 Å². The fourth-order valence-corrected chi connectivity index (χ4v) is 2.40. The van der Waals surface area contributed by atoms with Gasteiger partial charge in [-0.2, -0.15) is 19.7 Å². The van der Waals surface area contributed by atoms with Crippen molar-refractivity contribution in [1.29, 1.82) is 0 Å². The van der Waals surface area contributed by atoms with Gasteiger partial charge in [-0.15, -0.1) is 10.2 Å². The summed E-state index contributed by atoms with van der Waals surface area (Å²) in [4.78, 5) is 15.6. The number of hydrogen-bond acceptors (Lipinski definition) is 7. The Labute approximate surface area is 133 Å². The van der Waals surface area contributed by atoms with Crippen LogP contribution in [0.5, 0.6) is 0 Å². The van der Waals surface area contributed by atoms with Gasteiger partial charge in [0.15, 0.2) is 11.2 Å². The largest absolute Gasteiger partial charge is 0.469 e. The molecule has 0 atom stereocenters. The molecule has 9 nitrogen and oxygen atoms in total. The number of benzene rings is 1. The fourth-order valence-electron chi connectivity index (χ4n) is 2.40. The fraction of sp³-hybridized carbons (Fsp3) is 0.143. The Balaban J connectivity index is 2.04. The molecule has 0 saturated carbocycles. The smallest absolute Gasteiger partial charge is 0.311 e. The molecule has 4 rings (SSSR count). The Morgan fingerprint density at radius 2 is 2.21 bits per heavy atom. The number of fused-ring (bicyclic) bond motifs is 3. The van der Waals surface area contributed by atoms with E-state index in [1.54, 1.807) is 12.1 Å². The number of halogens is 1. The number of carbonyl (C=O) groups excluding carboxylic acids is 1. The van der Waals surface area contributed by atoms with Crippen LogP contribution in [0.15, 0.2) is 30.6 Å². The van der Waals surface area contributed by atoms with Crippen LogP contribution in [0.25, 0.3) is 22.6 Å². The summed E-state index contributed by atoms with van der Waals surface area (Å²) < 4.78 is 21.2. The summed E-state index contributed by atoms with van der Waals surface area (Å²) in [7, 11) is 1.29. The van der Waals surface area contributed by atoms with Gasteiger partial charge in [0.2, 0.25) is 0 Å². The molecule has 0 radical (unpaired) electrons. The minimum Gasteiger partial charge on any atom is -0.469 e. The highest BCUT2D eigenvalue weighted by Crippen LogP contribution is 2.21. The maximum atomic E-state index is 13.6. The molecule has 0 aliphatic carbocycles. The molecule has 24 heavy (non-hydrogen) atoms. The zero-order valence-electron chi connectivity index (χ0n) is 12.4. The predicted molar refractivity (Wildman–Crippen MR) is 78.9 cm³/mol. The normalized spacial score (nSPS) is 11.2. The molecule has 3 aromatic heterocycles. The zero-order chi connectivity index (χ0) is 16.7. The van der Waals surface area contributed by atoms with Crippen LogP contribution in [0.2, 0.25) is 0 Å². The van der Waals surface area contributed by atoms with Gasteiger partial charge < -0.3 is 4.74 Å². The molecule has 0 N–H and O–H groups in total. The van der Waals surface area contributed by atoms with Crippen LogP contribution < -0.4 is 0 Å². The first kappa shape index (κ1) is 14.2. The molecule has 0 amide bonds. The summed E-state index contributed by atoms with van der Waals surface area (Å²) in [5, 5.41) is 16.5. The van der Waals surface area contributed by atoms with Crippen molar-refractivity contribution in [3.8, 4) is 5.69 Å². The van der Waals surface area contributed by atoms with E-state index in [2.05, 4.69) is 30.1 Å². The highest BCUT2D eigenvalue weighted by Gasteiger charge is 2.20. The van der Waals surface area contributed by atoms with Gasteiger partial charge in [-0.25, -0.2) is 9.07 Å². The topological polar surface area (TPSA) is 100 Å². The molecule has 0 saturated heterocycles. The standard InChI is InChI=1S/C14H10FN7O2/c1-24-11(23)6-10-12-13(22-14(19-18-12)16-7-17-22)21(20-10)9-4-2-3-8(15)5-9/h2-5,7H,6H2,1H3. The van der Waals surface area contributed by atoms with Gasteiger partial charge >= 0.3 is 5.97 Å². The first-order chi connectivity index (χ1) is 11.7. The summed E-state index contributed by atoms with van der Waals surface area (Å²) in [6.07, 6.45) is 1.23. The van der Waals surface area contributed by atoms with Crippen LogP contribution >= 0.6 is 0 Å². The molecular weight excluding hydrogens is 317 g/mol. The summed E-state index contributed by atoms with van der Waals surface area (Å²) in [6, 6.07) is 5.89. The number of nitrogens with zero attached hydrogens (tertiary/aromatic N) is 7. The first-order valence-electron chi connectivity index (χ1n) is 6.94. The third-order valence-electron chi connectivity index (χ3n) is 3.47. The van der Waals surface area contributed by atoms with E-state index in [9.17, 15) is 9.18 Å². The highest BCUT2D eigenvalue weighted by molar-refractivity contribution is 5.82. The van der Waals surface area contributed by atoms with E-state index < -0.39 is 11.8 Å². The van der Waals surface area contributed by atoms with Crippen molar-refractivity contribution in [3.63, 3.8) is 0 Å². The van der Waals surface area contributed by atoms with E-state index >= 15 is 0 Å². The Morgan fingerprint density at radius 3 is 3.00 bits per heavy atom. The lowest BCUT2D eigenvalue weighted by molar-refractivity contribution is -0.139. The van der Waals surface area contributed by atoms with Crippen LogP contribution in [0.3, 0.4) is 0 Å². The minimum atomic E-state index is -0.471. The highest BCUT2D eigenvalue weighted by atomic mass is 19.1. The molecule has 0 aliphatic rings. The lowest BCUT2D eigenvalue weighted by Gasteiger charge is -2.03. The van der Waals surface area contributed by atoms with Gasteiger partial charge in [-0.3, -0.25) is 4.79 Å². The third-order valence-corrected chi connectivity index (χ3v) is 3.47. The summed E-state index contributed by atoms with van der Waals surface area (Å²) >= 11 is 0. The predicted octanol–water partition coefficient (Wildman–Crippen LogP) is 0.713. The van der Waals surface area contributed by atoms with Crippen molar-refractivity contribution in [3.05, 3.63) is 42.1 Å². The van der Waals surface area contributed by atoms with Crippen molar-refractivity contribution in [2.45, 2.75) is 6.42 Å². The maximum Gasteiger partial charge on any atom is 0.311 e. The van der Waals surface area contributed by atoms with Crippen molar-refractivity contribution in [1.82, 2.24) is 34.6 Å². The van der Waals surface area contributed by atoms with Gasteiger partial charge in [0, 0.05) is 0 Å². The second-order valence-electron chi connectivity index (χ2n) is 4.94. The van der Waals surface area contributed by atoms with E-state index in [4.69, 9.17) is 0 Å². The van der Waals surface area contributed by atoms with Crippen LogP contribution in [0.1, 0.15) is 5.69 Å². The first-order valence-corrected chi connectivity index (χ1v) is 6.94. The Hall–Kier alpha value is -3.43. The summed E-state index contributed by atoms with van der Waals surface area (Å²) in [5.41, 5.74) is 1.61. The maximum absolute atomic E-state index is 13.6. The van der Waals surface area contributed by atoms with Gasteiger partial charge in [-0.1, -0.05) is 6.07 Å². The molecule has 0 bridgehead atoms. The minimum absolute atomic E-state index is 0.0931. The van der Waals surface area contributed by atoms with Gasteiger partial charge in [0.25, 0.3) is 5.78 Å². The third kappa shape index (κ3) is 2.16. The van der Waals surface area contributed by atoms with Crippen LogP contribution in [-0.4, -0.2) is 47.7 Å². The van der Waals surface area contributed by atoms with Gasteiger partial charge in [-0.05, 0) is 18.2 Å². The van der Waals surface area contributed by atoms with Crippen LogP contribution in [-0.2, 0) is 16.0 Å². The Bertz CT molecular complexity index is 1070. The quantitative estimate of drug-likeness (QED) is 0.511. The number of hydrogen-bond donors (Lipinski definition) is 0. The Morgan fingerprint density at radius 1 is 1.33 bits per heavy atom. The lowest BCUT2D eigenvalue weighted by atomic mass is 10.3. The molecule has 10 heteroatoms. The monoisotopic (exact) mass is 327 g/mol. The van der Waals surface area contributed by atoms with Crippen molar-refractivity contribution < 1.29 is 13.9 Å². The van der Waals surface area contributed by atoms with Crippen molar-refractivity contribution in [2.75, 3.05) is 7.11 Å². The van der Waals surface area contributed by atoms with E-state index in [0.29, 0.717) is 22.5 Å². The molecule has 4 aromatic rings. The van der Waals surface area contributed by atoms with Gasteiger partial charge in [0.05, 0.1) is 19.2 Å². The van der Waals surface area contributed by atoms with Crippen LogP contribution in [0, 0.1) is 5.82 Å². The van der Waals surface area contributed by atoms with E-state index in [1.807, 2.05) is 0 Å². The molecular formula is C14H10FN7O2. The molecule has 0 unspecified atom stereocenters. The average Bonchev–Trinajstić information content (AvgIpc) is 3.19. The molecule has 120 valence electrons. The molecule has 1 aromatic carbocycles. The summed E-state index contributed by atoms with van der Waals surface area (Å²) in [6.45, 7) is 0. The molecule has 0 spiro atoms. The number of esters is 1. The molecule has 0 fully saturated rings. The van der Waals surface area contributed by atoms with Crippen LogP contribution in [0.4, 0.5) is 4.39 Å². The Kier molecular flexibility index (Phi) is 3.15. The number of rotatable bonds is 3. The average molecular weight is 327 g/mol. The van der Waals surface area contributed by atoms with Gasteiger partial charge in [0.1, 0.15) is 17.8 Å². The molecule has 3 heterocycles. The van der Waals surface area contributed by atoms with E-state index in [0.717, 1.165) is 0 Å². The second kappa shape index (κ2) is 5.33.